The number of amides is 2. The minimum absolute atomic E-state index is 0.137. The minimum Gasteiger partial charge on any atom is -0.505 e. The SMILES string of the molecule is O=C(c1ccco1)N1CCN(C(=O)c2ccncc2O)CC1. The second kappa shape index (κ2) is 5.88. The lowest BCUT2D eigenvalue weighted by molar-refractivity contribution is 0.0516. The fourth-order valence-electron chi connectivity index (χ4n) is 2.41. The average molecular weight is 301 g/mol. The normalized spacial score (nSPS) is 14.9. The van der Waals surface area contributed by atoms with Crippen LogP contribution in [0, 0.1) is 0 Å². The van der Waals surface area contributed by atoms with Crippen molar-refractivity contribution in [1.82, 2.24) is 14.8 Å². The highest BCUT2D eigenvalue weighted by Crippen LogP contribution is 2.18. The maximum Gasteiger partial charge on any atom is 0.289 e. The summed E-state index contributed by atoms with van der Waals surface area (Å²) in [5.74, 6) is -0.276. The number of carbonyl (C=O) groups excluding carboxylic acids is 2. The van der Waals surface area contributed by atoms with Crippen molar-refractivity contribution in [2.45, 2.75) is 0 Å². The van der Waals surface area contributed by atoms with Gasteiger partial charge < -0.3 is 19.3 Å². The molecule has 0 unspecified atom stereocenters. The van der Waals surface area contributed by atoms with Crippen molar-refractivity contribution in [3.8, 4) is 5.75 Å². The quantitative estimate of drug-likeness (QED) is 0.893. The molecule has 0 saturated carbocycles. The summed E-state index contributed by atoms with van der Waals surface area (Å²) in [5.41, 5.74) is 0.223. The van der Waals surface area contributed by atoms with Crippen molar-refractivity contribution < 1.29 is 19.1 Å². The molecule has 3 rings (SSSR count). The summed E-state index contributed by atoms with van der Waals surface area (Å²) in [6.45, 7) is 1.67. The van der Waals surface area contributed by atoms with Crippen LogP contribution in [0.4, 0.5) is 0 Å². The molecule has 2 amide bonds. The van der Waals surface area contributed by atoms with Gasteiger partial charge in [-0.1, -0.05) is 0 Å². The summed E-state index contributed by atoms with van der Waals surface area (Å²) >= 11 is 0. The van der Waals surface area contributed by atoms with Crippen LogP contribution in [0.25, 0.3) is 0 Å². The molecule has 0 aromatic carbocycles. The number of carbonyl (C=O) groups is 2. The summed E-state index contributed by atoms with van der Waals surface area (Å²) in [5, 5.41) is 9.69. The van der Waals surface area contributed by atoms with E-state index in [9.17, 15) is 14.7 Å². The Bertz CT molecular complexity index is 676. The number of pyridine rings is 1. The van der Waals surface area contributed by atoms with Crippen LogP contribution in [-0.2, 0) is 0 Å². The maximum absolute atomic E-state index is 12.3. The number of furan rings is 1. The number of aromatic hydroxyl groups is 1. The molecule has 0 atom stereocenters. The highest BCUT2D eigenvalue weighted by atomic mass is 16.3. The third-order valence-corrected chi connectivity index (χ3v) is 3.62. The monoisotopic (exact) mass is 301 g/mol. The Morgan fingerprint density at radius 3 is 2.36 bits per heavy atom. The first-order valence-electron chi connectivity index (χ1n) is 6.92. The summed E-state index contributed by atoms with van der Waals surface area (Å²) < 4.78 is 5.10. The van der Waals surface area contributed by atoms with Gasteiger partial charge in [0.15, 0.2) is 5.76 Å². The van der Waals surface area contributed by atoms with E-state index in [0.29, 0.717) is 31.9 Å². The fraction of sp³-hybridized carbons (Fsp3) is 0.267. The Balaban J connectivity index is 1.63. The number of nitrogens with zero attached hydrogens (tertiary/aromatic N) is 3. The number of hydrogen-bond acceptors (Lipinski definition) is 5. The van der Waals surface area contributed by atoms with Gasteiger partial charge in [-0.25, -0.2) is 0 Å². The van der Waals surface area contributed by atoms with Crippen LogP contribution in [0.3, 0.4) is 0 Å². The summed E-state index contributed by atoms with van der Waals surface area (Å²) in [6.07, 6.45) is 4.16. The molecule has 7 nitrogen and oxygen atoms in total. The van der Waals surface area contributed by atoms with E-state index < -0.39 is 0 Å². The van der Waals surface area contributed by atoms with Gasteiger partial charge >= 0.3 is 0 Å². The third-order valence-electron chi connectivity index (χ3n) is 3.62. The van der Waals surface area contributed by atoms with Gasteiger partial charge in [0.25, 0.3) is 11.8 Å². The molecule has 1 saturated heterocycles. The van der Waals surface area contributed by atoms with Gasteiger partial charge in [-0.3, -0.25) is 14.6 Å². The molecule has 7 heteroatoms. The highest BCUT2D eigenvalue weighted by molar-refractivity contribution is 5.97. The first-order chi connectivity index (χ1) is 10.7. The van der Waals surface area contributed by atoms with Crippen LogP contribution in [0.2, 0.25) is 0 Å². The number of rotatable bonds is 2. The van der Waals surface area contributed by atoms with Crippen LogP contribution >= 0.6 is 0 Å². The largest absolute Gasteiger partial charge is 0.505 e. The van der Waals surface area contributed by atoms with Gasteiger partial charge in [0.2, 0.25) is 0 Å². The Labute approximate surface area is 126 Å². The minimum atomic E-state index is -0.259. The fourth-order valence-corrected chi connectivity index (χ4v) is 2.41. The molecular weight excluding hydrogens is 286 g/mol. The Kier molecular flexibility index (Phi) is 3.78. The standard InChI is InChI=1S/C15H15N3O4/c19-12-10-16-4-3-11(12)14(20)17-5-7-18(8-6-17)15(21)13-2-1-9-22-13/h1-4,9-10,19H,5-8H2. The Morgan fingerprint density at radius 1 is 1.09 bits per heavy atom. The Morgan fingerprint density at radius 2 is 1.77 bits per heavy atom. The van der Waals surface area contributed by atoms with E-state index in [0.717, 1.165) is 0 Å². The second-order valence-corrected chi connectivity index (χ2v) is 4.95. The zero-order chi connectivity index (χ0) is 15.5. The van der Waals surface area contributed by atoms with Gasteiger partial charge in [0.05, 0.1) is 18.0 Å². The van der Waals surface area contributed by atoms with Crippen molar-refractivity contribution in [3.63, 3.8) is 0 Å². The van der Waals surface area contributed by atoms with Gasteiger partial charge in [-0.05, 0) is 18.2 Å². The van der Waals surface area contributed by atoms with E-state index in [-0.39, 0.29) is 23.1 Å². The van der Waals surface area contributed by atoms with E-state index in [2.05, 4.69) is 4.98 Å². The molecule has 3 heterocycles. The van der Waals surface area contributed by atoms with Crippen molar-refractivity contribution in [3.05, 3.63) is 48.2 Å². The van der Waals surface area contributed by atoms with Crippen molar-refractivity contribution >= 4 is 11.8 Å². The third kappa shape index (κ3) is 2.65. The maximum atomic E-state index is 12.3. The lowest BCUT2D eigenvalue weighted by Crippen LogP contribution is -2.50. The molecule has 1 N–H and O–H groups in total. The van der Waals surface area contributed by atoms with Crippen LogP contribution in [0.1, 0.15) is 20.9 Å². The molecular formula is C15H15N3O4. The molecule has 1 aliphatic heterocycles. The molecule has 0 aliphatic carbocycles. The van der Waals surface area contributed by atoms with Gasteiger partial charge in [-0.15, -0.1) is 0 Å². The molecule has 2 aromatic heterocycles. The van der Waals surface area contributed by atoms with Gasteiger partial charge in [0.1, 0.15) is 5.75 Å². The first kappa shape index (κ1) is 14.1. The lowest BCUT2D eigenvalue weighted by Gasteiger charge is -2.34. The van der Waals surface area contributed by atoms with E-state index in [1.54, 1.807) is 21.9 Å². The summed E-state index contributed by atoms with van der Waals surface area (Å²) in [7, 11) is 0. The van der Waals surface area contributed by atoms with Crippen molar-refractivity contribution in [1.29, 1.82) is 0 Å². The molecule has 0 radical (unpaired) electrons. The van der Waals surface area contributed by atoms with E-state index >= 15 is 0 Å². The predicted molar refractivity (Wildman–Crippen MR) is 76.4 cm³/mol. The summed E-state index contributed by atoms with van der Waals surface area (Å²) in [4.78, 5) is 31.5. The highest BCUT2D eigenvalue weighted by Gasteiger charge is 2.27. The van der Waals surface area contributed by atoms with Crippen LogP contribution in [-0.4, -0.2) is 57.9 Å². The molecule has 22 heavy (non-hydrogen) atoms. The van der Waals surface area contributed by atoms with Gasteiger partial charge in [0, 0.05) is 32.4 Å². The van der Waals surface area contributed by atoms with Crippen molar-refractivity contribution in [2.75, 3.05) is 26.2 Å². The van der Waals surface area contributed by atoms with E-state index in [1.165, 1.54) is 24.7 Å². The van der Waals surface area contributed by atoms with E-state index in [1.807, 2.05) is 0 Å². The Hall–Kier alpha value is -2.83. The number of aromatic nitrogens is 1. The zero-order valence-electron chi connectivity index (χ0n) is 11.8. The average Bonchev–Trinajstić information content (AvgIpc) is 3.09. The topological polar surface area (TPSA) is 86.9 Å². The molecule has 1 fully saturated rings. The second-order valence-electron chi connectivity index (χ2n) is 4.95. The zero-order valence-corrected chi connectivity index (χ0v) is 11.8. The van der Waals surface area contributed by atoms with Crippen molar-refractivity contribution in [2.24, 2.45) is 0 Å². The van der Waals surface area contributed by atoms with Crippen LogP contribution in [0.15, 0.2) is 41.3 Å². The lowest BCUT2D eigenvalue weighted by atomic mass is 10.2. The molecule has 1 aliphatic rings. The van der Waals surface area contributed by atoms with E-state index in [4.69, 9.17) is 4.42 Å². The van der Waals surface area contributed by atoms with Gasteiger partial charge in [-0.2, -0.15) is 0 Å². The number of hydrogen-bond donors (Lipinski definition) is 1. The molecule has 0 bridgehead atoms. The first-order valence-corrected chi connectivity index (χ1v) is 6.92. The smallest absolute Gasteiger partial charge is 0.289 e. The van der Waals surface area contributed by atoms with Crippen LogP contribution in [0.5, 0.6) is 5.75 Å². The summed E-state index contributed by atoms with van der Waals surface area (Å²) in [6, 6.07) is 4.77. The van der Waals surface area contributed by atoms with Crippen LogP contribution < -0.4 is 0 Å². The predicted octanol–water partition coefficient (Wildman–Crippen LogP) is 0.978. The number of piperazine rings is 1. The molecule has 114 valence electrons. The molecule has 0 spiro atoms. The molecule has 2 aromatic rings.